The molecule has 15 nitrogen and oxygen atoms in total. The van der Waals surface area contributed by atoms with E-state index in [-0.39, 0.29) is 30.6 Å². The van der Waals surface area contributed by atoms with Crippen LogP contribution in [0.1, 0.15) is 91.9 Å². The van der Waals surface area contributed by atoms with Gasteiger partial charge in [-0.25, -0.2) is 14.4 Å². The number of carbonyl (C=O) groups is 5. The van der Waals surface area contributed by atoms with Gasteiger partial charge in [-0.2, -0.15) is 0 Å². The van der Waals surface area contributed by atoms with Crippen LogP contribution in [0.15, 0.2) is 41.5 Å². The van der Waals surface area contributed by atoms with Crippen molar-refractivity contribution < 1.29 is 67.3 Å². The number of amides is 1. The summed E-state index contributed by atoms with van der Waals surface area (Å²) in [4.78, 5) is 69.0. The summed E-state index contributed by atoms with van der Waals surface area (Å²) in [6, 6.07) is 6.99. The first-order chi connectivity index (χ1) is 26.0. The minimum Gasteiger partial charge on any atom is -0.456 e. The Morgan fingerprint density at radius 1 is 1.04 bits per heavy atom. The summed E-state index contributed by atoms with van der Waals surface area (Å²) in [6.07, 6.45) is -8.85. The van der Waals surface area contributed by atoms with Crippen LogP contribution in [0.5, 0.6) is 0 Å². The zero-order chi connectivity index (χ0) is 41.8. The monoisotopic (exact) mass is 787 g/mol. The lowest BCUT2D eigenvalue weighted by molar-refractivity contribution is -0.347. The maximum Gasteiger partial charge on any atom is 0.407 e. The third-order valence-electron chi connectivity index (χ3n) is 12.4. The molecule has 1 amide bonds. The first-order valence-electron chi connectivity index (χ1n) is 19.0. The van der Waals surface area contributed by atoms with Crippen molar-refractivity contribution >= 4 is 29.8 Å². The maximum atomic E-state index is 15.4. The van der Waals surface area contributed by atoms with E-state index in [4.69, 9.17) is 33.2 Å². The van der Waals surface area contributed by atoms with Crippen molar-refractivity contribution in [1.82, 2.24) is 5.32 Å². The zero-order valence-corrected chi connectivity index (χ0v) is 34.1. The minimum absolute atomic E-state index is 0.122. The Balaban J connectivity index is 1.70. The number of carbonyl (C=O) groups excluding carboxylic acids is 5. The summed E-state index contributed by atoms with van der Waals surface area (Å²) >= 11 is 0. The lowest BCUT2D eigenvalue weighted by Crippen LogP contribution is -2.82. The van der Waals surface area contributed by atoms with E-state index in [0.29, 0.717) is 5.57 Å². The Hall–Kier alpha value is -3.89. The van der Waals surface area contributed by atoms with Crippen molar-refractivity contribution in [2.24, 2.45) is 16.7 Å². The fourth-order valence-corrected chi connectivity index (χ4v) is 9.52. The SMILES string of the molecule is CC[C@H](NC(=O)OC(C)(C)C)[C@@H](O)C(=O)O[C@H]1C[C@@]2(O)[C@@H](OC(=O)c3ccccc3)[C@@H]3[C@]4(OC(C)=O)CO[C@@H]4C[C@H](OC)[C@@]3(C)C(=O)[C@H](OC)C(=C1C)C2(C)C. The van der Waals surface area contributed by atoms with Crippen molar-refractivity contribution in [2.45, 2.75) is 141 Å². The fraction of sp³-hybridized carbons (Fsp3) is 0.683. The Bertz CT molecular complexity index is 1740. The predicted molar refractivity (Wildman–Crippen MR) is 198 cm³/mol. The molecule has 3 N–H and O–H groups in total. The molecule has 56 heavy (non-hydrogen) atoms. The molecule has 2 bridgehead atoms. The van der Waals surface area contributed by atoms with Gasteiger partial charge in [-0.15, -0.1) is 0 Å². The normalized spacial score (nSPS) is 34.6. The van der Waals surface area contributed by atoms with E-state index in [1.807, 2.05) is 0 Å². The Morgan fingerprint density at radius 3 is 2.20 bits per heavy atom. The number of fused-ring (bicyclic) bond motifs is 5. The molecule has 1 heterocycles. The molecule has 3 aliphatic carbocycles. The topological polar surface area (TPSA) is 202 Å². The van der Waals surface area contributed by atoms with Crippen LogP contribution in [-0.2, 0) is 47.5 Å². The van der Waals surface area contributed by atoms with E-state index >= 15 is 4.79 Å². The number of ketones is 1. The largest absolute Gasteiger partial charge is 0.456 e. The molecule has 1 saturated heterocycles. The summed E-state index contributed by atoms with van der Waals surface area (Å²) < 4.78 is 42.0. The summed E-state index contributed by atoms with van der Waals surface area (Å²) in [6.45, 7) is 14.4. The van der Waals surface area contributed by atoms with E-state index in [0.717, 1.165) is 0 Å². The molecule has 1 aromatic rings. The van der Waals surface area contributed by atoms with Crippen LogP contribution in [0.2, 0.25) is 0 Å². The first kappa shape index (κ1) is 43.2. The van der Waals surface area contributed by atoms with Crippen LogP contribution < -0.4 is 5.32 Å². The summed E-state index contributed by atoms with van der Waals surface area (Å²) in [5.74, 6) is -4.43. The van der Waals surface area contributed by atoms with Crippen molar-refractivity contribution in [2.75, 3.05) is 20.8 Å². The summed E-state index contributed by atoms with van der Waals surface area (Å²) in [5, 5.41) is 27.3. The molecule has 5 rings (SSSR count). The lowest BCUT2D eigenvalue weighted by atomic mass is 9.44. The van der Waals surface area contributed by atoms with Gasteiger partial charge in [0.25, 0.3) is 0 Å². The number of ether oxygens (including phenoxy) is 7. The summed E-state index contributed by atoms with van der Waals surface area (Å²) in [7, 11) is 2.79. The molecule has 0 unspecified atom stereocenters. The predicted octanol–water partition coefficient (Wildman–Crippen LogP) is 3.61. The van der Waals surface area contributed by atoms with Gasteiger partial charge in [-0.1, -0.05) is 39.0 Å². The molecular formula is C41H57NO14. The van der Waals surface area contributed by atoms with Gasteiger partial charge in [0.15, 0.2) is 17.5 Å². The van der Waals surface area contributed by atoms with Gasteiger partial charge in [-0.3, -0.25) is 9.59 Å². The van der Waals surface area contributed by atoms with Crippen molar-refractivity contribution in [3.8, 4) is 0 Å². The lowest BCUT2D eigenvalue weighted by Gasteiger charge is -2.67. The molecule has 0 spiro atoms. The number of rotatable bonds is 10. The number of hydrogen-bond acceptors (Lipinski definition) is 14. The number of benzene rings is 1. The number of Topliss-reactive ketones (excluding diaryl/α,β-unsaturated/α-hetero) is 1. The van der Waals surface area contributed by atoms with Gasteiger partial charge in [0.1, 0.15) is 35.6 Å². The highest BCUT2D eigenvalue weighted by molar-refractivity contribution is 5.94. The number of alkyl carbamates (subject to hydrolysis) is 1. The Labute approximate surface area is 327 Å². The van der Waals surface area contributed by atoms with Crippen LogP contribution in [0, 0.1) is 16.7 Å². The van der Waals surface area contributed by atoms with E-state index in [9.17, 15) is 29.4 Å². The number of methoxy groups -OCH3 is 2. The van der Waals surface area contributed by atoms with Crippen LogP contribution in [0.25, 0.3) is 0 Å². The molecule has 310 valence electrons. The smallest absolute Gasteiger partial charge is 0.407 e. The standard InChI is InChI=1S/C41H57NO14/c1-12-24(42-36(48)56-37(4,5)6)29(44)35(47)53-25-19-41(49)33(54-34(46)23-16-14-13-15-17-23)31-39(9,32(45)30(51-11)28(21(25)2)38(41,7)8)26(50-10)18-27-40(31,20-52-27)55-22(3)43/h13-17,24-27,29-31,33,44,49H,12,18-20H2,1-11H3,(H,42,48)/t24-,25-,26-,27+,29+,30+,31-,33-,39+,40-,41+/m0/s1. The van der Waals surface area contributed by atoms with Crippen LogP contribution in [0.3, 0.4) is 0 Å². The third-order valence-corrected chi connectivity index (χ3v) is 12.4. The van der Waals surface area contributed by atoms with E-state index < -0.39 is 112 Å². The van der Waals surface area contributed by atoms with Gasteiger partial charge in [0.2, 0.25) is 0 Å². The number of hydrogen-bond donors (Lipinski definition) is 3. The third kappa shape index (κ3) is 7.14. The minimum atomic E-state index is -2.19. The molecule has 0 radical (unpaired) electrons. The second kappa shape index (κ2) is 15.5. The highest BCUT2D eigenvalue weighted by atomic mass is 16.6. The van der Waals surface area contributed by atoms with E-state index in [1.54, 1.807) is 85.7 Å². The van der Waals surface area contributed by atoms with Crippen molar-refractivity contribution in [1.29, 1.82) is 0 Å². The molecule has 1 aliphatic heterocycles. The molecular weight excluding hydrogens is 730 g/mol. The van der Waals surface area contributed by atoms with Crippen molar-refractivity contribution in [3.63, 3.8) is 0 Å². The molecule has 0 aromatic heterocycles. The molecule has 11 atom stereocenters. The Kier molecular flexibility index (Phi) is 11.9. The zero-order valence-electron chi connectivity index (χ0n) is 34.1. The van der Waals surface area contributed by atoms with Gasteiger partial charge in [0, 0.05) is 39.4 Å². The summed E-state index contributed by atoms with van der Waals surface area (Å²) in [5.41, 5.74) is -6.89. The number of esters is 3. The van der Waals surface area contributed by atoms with Crippen LogP contribution in [0.4, 0.5) is 4.79 Å². The average Bonchev–Trinajstić information content (AvgIpc) is 3.11. The molecule has 2 saturated carbocycles. The highest BCUT2D eigenvalue weighted by Gasteiger charge is 2.78. The number of nitrogens with one attached hydrogen (secondary N) is 1. The molecule has 4 aliphatic rings. The van der Waals surface area contributed by atoms with Crippen LogP contribution in [-0.4, -0.2) is 120 Å². The van der Waals surface area contributed by atoms with Gasteiger partial charge >= 0.3 is 24.0 Å². The van der Waals surface area contributed by atoms with Gasteiger partial charge < -0.3 is 48.7 Å². The van der Waals surface area contributed by atoms with Gasteiger partial charge in [0.05, 0.1) is 35.6 Å². The molecule has 3 fully saturated rings. The second-order valence-electron chi connectivity index (χ2n) is 17.1. The average molecular weight is 788 g/mol. The first-order valence-corrected chi connectivity index (χ1v) is 19.0. The molecule has 1 aromatic carbocycles. The van der Waals surface area contributed by atoms with Crippen LogP contribution >= 0.6 is 0 Å². The second-order valence-corrected chi connectivity index (χ2v) is 17.1. The highest BCUT2D eigenvalue weighted by Crippen LogP contribution is 2.64. The fourth-order valence-electron chi connectivity index (χ4n) is 9.52. The quantitative estimate of drug-likeness (QED) is 0.176. The van der Waals surface area contributed by atoms with Crippen molar-refractivity contribution in [3.05, 3.63) is 47.0 Å². The molecule has 15 heteroatoms. The van der Waals surface area contributed by atoms with Gasteiger partial charge in [-0.05, 0) is 64.3 Å². The van der Waals surface area contributed by atoms with E-state index in [2.05, 4.69) is 5.32 Å². The Morgan fingerprint density at radius 2 is 1.68 bits per heavy atom. The maximum absolute atomic E-state index is 15.4. The number of aliphatic hydroxyl groups is 2. The number of aliphatic hydroxyl groups excluding tert-OH is 1. The van der Waals surface area contributed by atoms with E-state index in [1.165, 1.54) is 21.1 Å².